The molecule has 1 N–H and O–H groups in total. The summed E-state index contributed by atoms with van der Waals surface area (Å²) in [5, 5.41) is 9.43. The first-order valence-electron chi connectivity index (χ1n) is 4.29. The molecule has 1 aromatic carbocycles. The van der Waals surface area contributed by atoms with Crippen LogP contribution in [0.5, 0.6) is 5.75 Å². The molecule has 0 aliphatic heterocycles. The lowest BCUT2D eigenvalue weighted by molar-refractivity contribution is -0.140. The Morgan fingerprint density at radius 3 is 2.69 bits per heavy atom. The van der Waals surface area contributed by atoms with Crippen molar-refractivity contribution in [1.29, 1.82) is 0 Å². The van der Waals surface area contributed by atoms with Crippen molar-refractivity contribution in [3.05, 3.63) is 22.9 Å². The highest BCUT2D eigenvalue weighted by molar-refractivity contribution is 9.10. The fraction of sp³-hybridized carbons (Fsp3) is 0.222. The molecule has 0 amide bonds. The number of alkyl halides is 3. The SMILES string of the molecule is Oc1cccc2c1nc(Br)n2CC(F)(F)F. The number of aromatic hydroxyl groups is 1. The van der Waals surface area contributed by atoms with E-state index in [4.69, 9.17) is 0 Å². The van der Waals surface area contributed by atoms with E-state index in [1.54, 1.807) is 0 Å². The van der Waals surface area contributed by atoms with E-state index < -0.39 is 12.7 Å². The number of nitrogens with zero attached hydrogens (tertiary/aromatic N) is 2. The van der Waals surface area contributed by atoms with Crippen LogP contribution in [0.2, 0.25) is 0 Å². The largest absolute Gasteiger partial charge is 0.506 e. The predicted octanol–water partition coefficient (Wildman–Crippen LogP) is 3.07. The van der Waals surface area contributed by atoms with Gasteiger partial charge >= 0.3 is 6.18 Å². The van der Waals surface area contributed by atoms with Crippen molar-refractivity contribution >= 4 is 27.0 Å². The van der Waals surface area contributed by atoms with Crippen LogP contribution in [0.1, 0.15) is 0 Å². The average molecular weight is 295 g/mol. The molecule has 0 bridgehead atoms. The van der Waals surface area contributed by atoms with Crippen LogP contribution >= 0.6 is 15.9 Å². The smallest absolute Gasteiger partial charge is 0.406 e. The number of aromatic nitrogens is 2. The van der Waals surface area contributed by atoms with E-state index in [-0.39, 0.29) is 21.5 Å². The van der Waals surface area contributed by atoms with Gasteiger partial charge in [-0.25, -0.2) is 4.98 Å². The molecule has 1 aromatic heterocycles. The summed E-state index contributed by atoms with van der Waals surface area (Å²) in [6.45, 7) is -1.15. The van der Waals surface area contributed by atoms with E-state index in [1.807, 2.05) is 0 Å². The molecule has 0 aliphatic carbocycles. The first-order valence-corrected chi connectivity index (χ1v) is 5.08. The second-order valence-corrected chi connectivity index (χ2v) is 3.94. The number of benzene rings is 1. The Morgan fingerprint density at radius 2 is 2.06 bits per heavy atom. The normalized spacial score (nSPS) is 12.2. The zero-order chi connectivity index (χ0) is 11.9. The summed E-state index contributed by atoms with van der Waals surface area (Å²) in [6.07, 6.45) is -4.33. The molecule has 1 heterocycles. The standard InChI is InChI=1S/C9H6BrF3N2O/c10-8-14-7-5(2-1-3-6(7)16)15(8)4-9(11,12)13/h1-3,16H,4H2. The average Bonchev–Trinajstić information content (AvgIpc) is 2.44. The first kappa shape index (κ1) is 11.3. The van der Waals surface area contributed by atoms with Gasteiger partial charge in [0.05, 0.1) is 5.52 Å². The Bertz CT molecular complexity index is 535. The third kappa shape index (κ3) is 1.99. The molecule has 0 unspecified atom stereocenters. The van der Waals surface area contributed by atoms with Gasteiger partial charge < -0.3 is 9.67 Å². The third-order valence-electron chi connectivity index (χ3n) is 2.05. The lowest BCUT2D eigenvalue weighted by atomic mass is 10.3. The van der Waals surface area contributed by atoms with Crippen LogP contribution in [0.15, 0.2) is 22.9 Å². The van der Waals surface area contributed by atoms with Crippen molar-refractivity contribution in [3.8, 4) is 5.75 Å². The van der Waals surface area contributed by atoms with Crippen LogP contribution in [0.4, 0.5) is 13.2 Å². The monoisotopic (exact) mass is 294 g/mol. The van der Waals surface area contributed by atoms with Crippen molar-refractivity contribution in [2.75, 3.05) is 0 Å². The number of phenolic OH excluding ortho intramolecular Hbond substituents is 1. The van der Waals surface area contributed by atoms with Crippen LogP contribution in [-0.4, -0.2) is 20.8 Å². The van der Waals surface area contributed by atoms with Gasteiger partial charge in [-0.2, -0.15) is 13.2 Å². The molecule has 86 valence electrons. The Labute approximate surface area is 96.6 Å². The second-order valence-electron chi connectivity index (χ2n) is 3.23. The van der Waals surface area contributed by atoms with E-state index >= 15 is 0 Å². The maximum Gasteiger partial charge on any atom is 0.406 e. The predicted molar refractivity (Wildman–Crippen MR) is 55.2 cm³/mol. The highest BCUT2D eigenvalue weighted by Crippen LogP contribution is 2.29. The summed E-state index contributed by atoms with van der Waals surface area (Å²) >= 11 is 2.94. The van der Waals surface area contributed by atoms with E-state index in [0.717, 1.165) is 4.57 Å². The summed E-state index contributed by atoms with van der Waals surface area (Å²) < 4.78 is 37.9. The minimum Gasteiger partial charge on any atom is -0.506 e. The quantitative estimate of drug-likeness (QED) is 0.878. The summed E-state index contributed by atoms with van der Waals surface area (Å²) in [4.78, 5) is 3.83. The minimum absolute atomic E-state index is 0.0429. The molecule has 0 fully saturated rings. The van der Waals surface area contributed by atoms with Gasteiger partial charge in [0.2, 0.25) is 0 Å². The Hall–Kier alpha value is -1.24. The number of fused-ring (bicyclic) bond motifs is 1. The van der Waals surface area contributed by atoms with Crippen LogP contribution < -0.4 is 0 Å². The molecule has 0 saturated heterocycles. The maximum atomic E-state index is 12.3. The number of halogens is 4. The van der Waals surface area contributed by atoms with Gasteiger partial charge in [0.25, 0.3) is 0 Å². The molecule has 0 atom stereocenters. The molecule has 2 aromatic rings. The van der Waals surface area contributed by atoms with Gasteiger partial charge in [-0.3, -0.25) is 0 Å². The molecule has 16 heavy (non-hydrogen) atoms. The van der Waals surface area contributed by atoms with E-state index in [2.05, 4.69) is 20.9 Å². The zero-order valence-electron chi connectivity index (χ0n) is 7.79. The lowest BCUT2D eigenvalue weighted by Gasteiger charge is -2.09. The number of phenols is 1. The van der Waals surface area contributed by atoms with Crippen molar-refractivity contribution in [1.82, 2.24) is 9.55 Å². The number of imidazole rings is 1. The summed E-state index contributed by atoms with van der Waals surface area (Å²) in [6, 6.07) is 4.32. The highest BCUT2D eigenvalue weighted by atomic mass is 79.9. The van der Waals surface area contributed by atoms with Crippen molar-refractivity contribution in [2.45, 2.75) is 12.7 Å². The molecule has 3 nitrogen and oxygen atoms in total. The van der Waals surface area contributed by atoms with Crippen LogP contribution in [0.25, 0.3) is 11.0 Å². The Balaban J connectivity index is 2.61. The van der Waals surface area contributed by atoms with Crippen LogP contribution in [0, 0.1) is 0 Å². The van der Waals surface area contributed by atoms with Crippen molar-refractivity contribution in [3.63, 3.8) is 0 Å². The van der Waals surface area contributed by atoms with Crippen molar-refractivity contribution in [2.24, 2.45) is 0 Å². The van der Waals surface area contributed by atoms with E-state index in [9.17, 15) is 18.3 Å². The highest BCUT2D eigenvalue weighted by Gasteiger charge is 2.30. The molecule has 2 rings (SSSR count). The van der Waals surface area contributed by atoms with Gasteiger partial charge in [-0.15, -0.1) is 0 Å². The molecule has 0 spiro atoms. The number of para-hydroxylation sites is 1. The van der Waals surface area contributed by atoms with E-state index in [0.29, 0.717) is 0 Å². The van der Waals surface area contributed by atoms with Gasteiger partial charge in [-0.05, 0) is 28.1 Å². The third-order valence-corrected chi connectivity index (χ3v) is 2.65. The first-order chi connectivity index (χ1) is 7.38. The topological polar surface area (TPSA) is 38.1 Å². The summed E-state index contributed by atoms with van der Waals surface area (Å²) in [7, 11) is 0. The van der Waals surface area contributed by atoms with Crippen LogP contribution in [0.3, 0.4) is 0 Å². The maximum absolute atomic E-state index is 12.3. The number of hydrogen-bond donors (Lipinski definition) is 1. The molecular weight excluding hydrogens is 289 g/mol. The van der Waals surface area contributed by atoms with Gasteiger partial charge in [0.15, 0.2) is 4.73 Å². The second kappa shape index (κ2) is 3.65. The molecule has 0 saturated carbocycles. The fourth-order valence-corrected chi connectivity index (χ4v) is 1.93. The zero-order valence-corrected chi connectivity index (χ0v) is 9.38. The number of hydrogen-bond acceptors (Lipinski definition) is 2. The van der Waals surface area contributed by atoms with Crippen LogP contribution in [-0.2, 0) is 6.54 Å². The molecular formula is C9H6BrF3N2O. The molecule has 7 heteroatoms. The van der Waals surface area contributed by atoms with Gasteiger partial charge in [0.1, 0.15) is 17.8 Å². The molecule has 0 aliphatic rings. The van der Waals surface area contributed by atoms with E-state index in [1.165, 1.54) is 18.2 Å². The van der Waals surface area contributed by atoms with Gasteiger partial charge in [-0.1, -0.05) is 6.07 Å². The summed E-state index contributed by atoms with van der Waals surface area (Å²) in [5.74, 6) is -0.140. The minimum atomic E-state index is -4.33. The van der Waals surface area contributed by atoms with Crippen molar-refractivity contribution < 1.29 is 18.3 Å². The lowest BCUT2D eigenvalue weighted by Crippen LogP contribution is -2.17. The Kier molecular flexibility index (Phi) is 2.57. The Morgan fingerprint density at radius 1 is 1.38 bits per heavy atom. The number of rotatable bonds is 1. The summed E-state index contributed by atoms with van der Waals surface area (Å²) in [5.41, 5.74) is 0.392. The van der Waals surface area contributed by atoms with Gasteiger partial charge in [0, 0.05) is 0 Å². The molecule has 0 radical (unpaired) electrons. The fourth-order valence-electron chi connectivity index (χ4n) is 1.43.